The van der Waals surface area contributed by atoms with Crippen molar-refractivity contribution in [3.8, 4) is 0 Å². The summed E-state index contributed by atoms with van der Waals surface area (Å²) in [6.07, 6.45) is 0. The van der Waals surface area contributed by atoms with Crippen LogP contribution in [-0.4, -0.2) is 36.2 Å². The second kappa shape index (κ2) is 12.6. The molecule has 0 spiro atoms. The second-order valence-corrected chi connectivity index (χ2v) is 17.3. The zero-order chi connectivity index (χ0) is 30.6. The Morgan fingerprint density at radius 3 is 2.33 bits per heavy atom. The third kappa shape index (κ3) is 6.99. The number of carbonyl (C=O) groups excluding carboxylic acids is 2. The van der Waals surface area contributed by atoms with Crippen LogP contribution in [0.15, 0.2) is 104 Å². The number of benzene rings is 4. The first-order valence-electron chi connectivity index (χ1n) is 14.2. The number of amides is 1. The van der Waals surface area contributed by atoms with E-state index in [0.29, 0.717) is 45.9 Å². The summed E-state index contributed by atoms with van der Waals surface area (Å²) in [4.78, 5) is 26.3. The van der Waals surface area contributed by atoms with E-state index in [-0.39, 0.29) is 18.4 Å². The molecule has 5 rings (SSSR count). The Balaban J connectivity index is 1.46. The number of ketones is 1. The average Bonchev–Trinajstić information content (AvgIpc) is 3.36. The number of fused-ring (bicyclic) bond motifs is 1. The summed E-state index contributed by atoms with van der Waals surface area (Å²) in [7, 11) is -1.26. The van der Waals surface area contributed by atoms with Crippen LogP contribution in [0, 0.1) is 0 Å². The minimum absolute atomic E-state index is 0.169. The van der Waals surface area contributed by atoms with Gasteiger partial charge in [-0.25, -0.2) is 4.68 Å². The lowest BCUT2D eigenvalue weighted by Gasteiger charge is -2.15. The monoisotopic (exact) mass is 588 g/mol. The van der Waals surface area contributed by atoms with Gasteiger partial charge in [-0.3, -0.25) is 9.59 Å². The Hall–Kier alpha value is -4.79. The summed E-state index contributed by atoms with van der Waals surface area (Å²) in [5.74, 6) is -0.408. The van der Waals surface area contributed by atoms with Crippen molar-refractivity contribution < 1.29 is 14.3 Å². The molecule has 43 heavy (non-hydrogen) atoms. The lowest BCUT2D eigenvalue weighted by Crippen LogP contribution is -2.22. The molecule has 0 atom stereocenters. The molecule has 218 valence electrons. The van der Waals surface area contributed by atoms with Gasteiger partial charge in [-0.1, -0.05) is 80.8 Å². The van der Waals surface area contributed by atoms with E-state index in [2.05, 4.69) is 31.5 Å². The Kier molecular flexibility index (Phi) is 8.70. The summed E-state index contributed by atoms with van der Waals surface area (Å²) in [6.45, 7) is 12.1. The molecule has 8 heteroatoms. The molecule has 0 saturated heterocycles. The van der Waals surface area contributed by atoms with Crippen LogP contribution in [0.4, 0.5) is 11.4 Å². The molecule has 7 nitrogen and oxygen atoms in total. The van der Waals surface area contributed by atoms with Gasteiger partial charge in [0, 0.05) is 59.3 Å². The van der Waals surface area contributed by atoms with Crippen molar-refractivity contribution in [1.29, 1.82) is 0 Å². The highest BCUT2D eigenvalue weighted by Gasteiger charge is 2.19. The quantitative estimate of drug-likeness (QED) is 0.0721. The fraction of sp³-hybridized carbons (Fsp3) is 0.171. The van der Waals surface area contributed by atoms with Gasteiger partial charge in [-0.05, 0) is 48.5 Å². The van der Waals surface area contributed by atoms with Crippen LogP contribution in [0.25, 0.3) is 16.5 Å². The van der Waals surface area contributed by atoms with Crippen LogP contribution in [0.2, 0.25) is 25.7 Å². The predicted molar refractivity (Wildman–Crippen MR) is 177 cm³/mol. The molecule has 0 aliphatic rings. The molecule has 0 aliphatic carbocycles. The molecule has 0 saturated carbocycles. The molecular formula is C35H36N4O3Si. The normalized spacial score (nSPS) is 11.4. The average molecular weight is 589 g/mol. The number of anilines is 2. The molecular weight excluding hydrogens is 552 g/mol. The van der Waals surface area contributed by atoms with E-state index in [1.807, 2.05) is 54.6 Å². The van der Waals surface area contributed by atoms with Crippen molar-refractivity contribution >= 4 is 47.6 Å². The van der Waals surface area contributed by atoms with Gasteiger partial charge in [0.1, 0.15) is 12.4 Å². The largest absolute Gasteiger partial charge is 0.398 e. The zero-order valence-electron chi connectivity index (χ0n) is 24.8. The summed E-state index contributed by atoms with van der Waals surface area (Å²) in [5, 5.41) is 8.61. The summed E-state index contributed by atoms with van der Waals surface area (Å²) in [6, 6.07) is 30.0. The maximum absolute atomic E-state index is 13.7. The van der Waals surface area contributed by atoms with Crippen molar-refractivity contribution in [2.24, 2.45) is 0 Å². The number of hydrogen-bond acceptors (Lipinski definition) is 5. The first-order chi connectivity index (χ1) is 20.6. The molecule has 0 aliphatic heterocycles. The molecule has 0 radical (unpaired) electrons. The van der Waals surface area contributed by atoms with Gasteiger partial charge >= 0.3 is 0 Å². The van der Waals surface area contributed by atoms with Crippen LogP contribution in [0.5, 0.6) is 0 Å². The maximum atomic E-state index is 13.7. The van der Waals surface area contributed by atoms with E-state index in [1.54, 1.807) is 47.1 Å². The number of nitrogens with zero attached hydrogens (tertiary/aromatic N) is 2. The highest BCUT2D eigenvalue weighted by molar-refractivity contribution is 6.76. The number of carbonyl (C=O) groups is 2. The van der Waals surface area contributed by atoms with Crippen molar-refractivity contribution in [1.82, 2.24) is 9.78 Å². The number of rotatable bonds is 11. The van der Waals surface area contributed by atoms with E-state index in [0.717, 1.165) is 22.5 Å². The van der Waals surface area contributed by atoms with E-state index in [4.69, 9.17) is 15.6 Å². The molecule has 4 aromatic carbocycles. The van der Waals surface area contributed by atoms with Gasteiger partial charge in [-0.15, -0.1) is 0 Å². The minimum atomic E-state index is -1.26. The van der Waals surface area contributed by atoms with E-state index in [9.17, 15) is 9.59 Å². The molecule has 1 heterocycles. The molecule has 1 amide bonds. The Labute approximate surface area is 253 Å². The van der Waals surface area contributed by atoms with E-state index >= 15 is 0 Å². The standard InChI is InChI=1S/C35H36N4O3Si/c1-24(29-15-8-9-16-31(29)36)33-30-18-17-27(22-32(30)39(38-33)23-42-19-20-43(2,3)4)34(40)26-13-10-14-28(21-26)37-35(41)25-11-6-5-7-12-25/h5-18,21-22H,1,19-20,23,36H2,2-4H3,(H,37,41). The van der Waals surface area contributed by atoms with Gasteiger partial charge in [0.05, 0.1) is 5.52 Å². The van der Waals surface area contributed by atoms with Crippen LogP contribution in [0.3, 0.4) is 0 Å². The molecule has 0 fully saturated rings. The first kappa shape index (κ1) is 29.7. The zero-order valence-corrected chi connectivity index (χ0v) is 25.8. The molecule has 3 N–H and O–H groups in total. The van der Waals surface area contributed by atoms with Crippen LogP contribution >= 0.6 is 0 Å². The van der Waals surface area contributed by atoms with Crippen molar-refractivity contribution in [3.63, 3.8) is 0 Å². The summed E-state index contributed by atoms with van der Waals surface area (Å²) in [5.41, 5.74) is 11.9. The van der Waals surface area contributed by atoms with Gasteiger partial charge in [0.15, 0.2) is 5.78 Å². The van der Waals surface area contributed by atoms with Crippen LogP contribution < -0.4 is 11.1 Å². The lowest BCUT2D eigenvalue weighted by molar-refractivity contribution is 0.0816. The number of hydrogen-bond donors (Lipinski definition) is 2. The van der Waals surface area contributed by atoms with Gasteiger partial charge in [0.25, 0.3) is 5.91 Å². The SMILES string of the molecule is C=C(c1ccccc1N)c1nn(COCC[Si](C)(C)C)c2cc(C(=O)c3cccc(NC(=O)c4ccccc4)c3)ccc12. The van der Waals surface area contributed by atoms with Crippen LogP contribution in [0.1, 0.15) is 37.5 Å². The number of para-hydroxylation sites is 1. The van der Waals surface area contributed by atoms with Crippen molar-refractivity contribution in [2.45, 2.75) is 32.4 Å². The highest BCUT2D eigenvalue weighted by Crippen LogP contribution is 2.32. The van der Waals surface area contributed by atoms with E-state index < -0.39 is 8.07 Å². The second-order valence-electron chi connectivity index (χ2n) is 11.7. The topological polar surface area (TPSA) is 99.2 Å². The summed E-state index contributed by atoms with van der Waals surface area (Å²) >= 11 is 0. The first-order valence-corrected chi connectivity index (χ1v) is 17.9. The highest BCUT2D eigenvalue weighted by atomic mass is 28.3. The fourth-order valence-electron chi connectivity index (χ4n) is 4.76. The number of nitrogens with two attached hydrogens (primary N) is 1. The summed E-state index contributed by atoms with van der Waals surface area (Å²) < 4.78 is 7.84. The van der Waals surface area contributed by atoms with Crippen LogP contribution in [-0.2, 0) is 11.5 Å². The van der Waals surface area contributed by atoms with Gasteiger partial charge in [0.2, 0.25) is 0 Å². The van der Waals surface area contributed by atoms with Gasteiger partial charge in [-0.2, -0.15) is 5.10 Å². The third-order valence-corrected chi connectivity index (χ3v) is 8.92. The Bertz CT molecular complexity index is 1810. The predicted octanol–water partition coefficient (Wildman–Crippen LogP) is 7.48. The number of ether oxygens (including phenoxy) is 1. The fourth-order valence-corrected chi connectivity index (χ4v) is 5.52. The molecule has 1 aromatic heterocycles. The number of aromatic nitrogens is 2. The number of nitrogen functional groups attached to an aromatic ring is 1. The number of nitrogens with one attached hydrogen (secondary N) is 1. The Morgan fingerprint density at radius 2 is 1.58 bits per heavy atom. The smallest absolute Gasteiger partial charge is 0.255 e. The lowest BCUT2D eigenvalue weighted by atomic mass is 9.98. The van der Waals surface area contributed by atoms with E-state index in [1.165, 1.54) is 0 Å². The molecule has 5 aromatic rings. The Morgan fingerprint density at radius 1 is 0.884 bits per heavy atom. The maximum Gasteiger partial charge on any atom is 0.255 e. The van der Waals surface area contributed by atoms with Gasteiger partial charge < -0.3 is 15.8 Å². The third-order valence-electron chi connectivity index (χ3n) is 7.21. The minimum Gasteiger partial charge on any atom is -0.398 e. The molecule has 0 bridgehead atoms. The van der Waals surface area contributed by atoms with Crippen molar-refractivity contribution in [3.05, 3.63) is 132 Å². The van der Waals surface area contributed by atoms with Crippen molar-refractivity contribution in [2.75, 3.05) is 17.7 Å². The molecule has 0 unspecified atom stereocenters.